The molecule has 0 bridgehead atoms. The van der Waals surface area contributed by atoms with Crippen LogP contribution in [0.1, 0.15) is 24.3 Å². The van der Waals surface area contributed by atoms with Gasteiger partial charge in [-0.1, -0.05) is 30.0 Å². The number of piperidine rings is 1. The summed E-state index contributed by atoms with van der Waals surface area (Å²) in [6, 6.07) is 6.67. The lowest BCUT2D eigenvalue weighted by molar-refractivity contribution is 0.224. The third kappa shape index (κ3) is 4.08. The molecule has 2 heterocycles. The summed E-state index contributed by atoms with van der Waals surface area (Å²) in [5, 5.41) is 8.66. The Morgan fingerprint density at radius 3 is 3.05 bits per heavy atom. The standard InChI is InChI=1S/C16H20FN3OS/c1-20-8-4-5-12(10-20)11-22-16-19-18-15(21-16)9-13-6-2-3-7-14(13)17/h2-3,6-7,12H,4-5,8-11H2,1H3/t12-/m1/s1. The molecule has 1 aromatic carbocycles. The van der Waals surface area contributed by atoms with Gasteiger partial charge in [0.25, 0.3) is 5.22 Å². The van der Waals surface area contributed by atoms with Gasteiger partial charge in [0, 0.05) is 12.3 Å². The SMILES string of the molecule is CN1CCC[C@@H](CSc2nnc(Cc3ccccc3F)o2)C1. The molecule has 2 aromatic rings. The quantitative estimate of drug-likeness (QED) is 0.791. The van der Waals surface area contributed by atoms with Crippen molar-refractivity contribution in [3.63, 3.8) is 0 Å². The molecule has 0 N–H and O–H groups in total. The van der Waals surface area contributed by atoms with E-state index in [1.165, 1.54) is 25.5 Å². The van der Waals surface area contributed by atoms with E-state index < -0.39 is 0 Å². The van der Waals surface area contributed by atoms with Gasteiger partial charge in [0.15, 0.2) is 0 Å². The Kier molecular flexibility index (Phi) is 5.10. The summed E-state index contributed by atoms with van der Waals surface area (Å²) in [5.74, 6) is 1.89. The molecule has 1 aliphatic rings. The summed E-state index contributed by atoms with van der Waals surface area (Å²) in [6.45, 7) is 2.32. The van der Waals surface area contributed by atoms with Gasteiger partial charge >= 0.3 is 0 Å². The van der Waals surface area contributed by atoms with Crippen LogP contribution in [0.5, 0.6) is 0 Å². The van der Waals surface area contributed by atoms with Crippen LogP contribution in [-0.2, 0) is 6.42 Å². The number of nitrogens with zero attached hydrogens (tertiary/aromatic N) is 3. The Balaban J connectivity index is 1.54. The van der Waals surface area contributed by atoms with Crippen molar-refractivity contribution in [2.75, 3.05) is 25.9 Å². The number of aromatic nitrogens is 2. The fourth-order valence-corrected chi connectivity index (χ4v) is 3.68. The number of likely N-dealkylation sites (tertiary alicyclic amines) is 1. The Morgan fingerprint density at radius 1 is 1.36 bits per heavy atom. The molecule has 4 nitrogen and oxygen atoms in total. The largest absolute Gasteiger partial charge is 0.416 e. The molecule has 1 saturated heterocycles. The fraction of sp³-hybridized carbons (Fsp3) is 0.500. The molecule has 1 fully saturated rings. The summed E-state index contributed by atoms with van der Waals surface area (Å²) >= 11 is 1.60. The van der Waals surface area contributed by atoms with Crippen molar-refractivity contribution in [1.29, 1.82) is 0 Å². The maximum Gasteiger partial charge on any atom is 0.276 e. The van der Waals surface area contributed by atoms with Crippen LogP contribution in [0.2, 0.25) is 0 Å². The Labute approximate surface area is 134 Å². The van der Waals surface area contributed by atoms with E-state index in [1.54, 1.807) is 23.9 Å². The second kappa shape index (κ2) is 7.24. The Bertz CT molecular complexity index is 619. The van der Waals surface area contributed by atoms with Gasteiger partial charge in [0.1, 0.15) is 5.82 Å². The number of rotatable bonds is 5. The van der Waals surface area contributed by atoms with Crippen molar-refractivity contribution < 1.29 is 8.81 Å². The molecule has 1 aliphatic heterocycles. The first-order valence-electron chi connectivity index (χ1n) is 7.58. The highest BCUT2D eigenvalue weighted by atomic mass is 32.2. The number of halogens is 1. The van der Waals surface area contributed by atoms with Gasteiger partial charge in [-0.3, -0.25) is 0 Å². The highest BCUT2D eigenvalue weighted by Gasteiger charge is 2.18. The summed E-state index contributed by atoms with van der Waals surface area (Å²) < 4.78 is 19.2. The predicted octanol–water partition coefficient (Wildman–Crippen LogP) is 3.23. The van der Waals surface area contributed by atoms with Gasteiger partial charge in [-0.05, 0) is 44.0 Å². The van der Waals surface area contributed by atoms with Crippen molar-refractivity contribution in [2.45, 2.75) is 24.5 Å². The third-order valence-electron chi connectivity index (χ3n) is 3.91. The van der Waals surface area contributed by atoms with Crippen LogP contribution in [0.4, 0.5) is 4.39 Å². The molecule has 0 saturated carbocycles. The van der Waals surface area contributed by atoms with Crippen LogP contribution in [-0.4, -0.2) is 41.0 Å². The van der Waals surface area contributed by atoms with Gasteiger partial charge in [0.2, 0.25) is 5.89 Å². The lowest BCUT2D eigenvalue weighted by Gasteiger charge is -2.28. The summed E-state index contributed by atoms with van der Waals surface area (Å²) in [6.07, 6.45) is 2.85. The van der Waals surface area contributed by atoms with E-state index in [0.717, 1.165) is 12.3 Å². The van der Waals surface area contributed by atoms with E-state index >= 15 is 0 Å². The zero-order chi connectivity index (χ0) is 15.4. The molecule has 22 heavy (non-hydrogen) atoms. The van der Waals surface area contributed by atoms with Crippen molar-refractivity contribution in [3.8, 4) is 0 Å². The summed E-state index contributed by atoms with van der Waals surface area (Å²) in [5.41, 5.74) is 0.580. The van der Waals surface area contributed by atoms with Crippen molar-refractivity contribution >= 4 is 11.8 Å². The molecular weight excluding hydrogens is 301 g/mol. The summed E-state index contributed by atoms with van der Waals surface area (Å²) in [4.78, 5) is 2.37. The minimum absolute atomic E-state index is 0.236. The fourth-order valence-electron chi connectivity index (χ4n) is 2.77. The third-order valence-corrected chi connectivity index (χ3v) is 4.96. The van der Waals surface area contributed by atoms with Crippen LogP contribution >= 0.6 is 11.8 Å². The van der Waals surface area contributed by atoms with Gasteiger partial charge < -0.3 is 9.32 Å². The number of hydrogen-bond donors (Lipinski definition) is 0. The minimum Gasteiger partial charge on any atom is -0.416 e. The Morgan fingerprint density at radius 2 is 2.23 bits per heavy atom. The lowest BCUT2D eigenvalue weighted by atomic mass is 10.0. The van der Waals surface area contributed by atoms with Crippen molar-refractivity contribution in [3.05, 3.63) is 41.5 Å². The van der Waals surface area contributed by atoms with E-state index in [-0.39, 0.29) is 5.82 Å². The van der Waals surface area contributed by atoms with Gasteiger partial charge in [-0.15, -0.1) is 10.2 Å². The zero-order valence-electron chi connectivity index (χ0n) is 12.7. The molecule has 0 unspecified atom stereocenters. The second-order valence-electron chi connectivity index (χ2n) is 5.81. The van der Waals surface area contributed by atoms with E-state index in [2.05, 4.69) is 22.1 Å². The average molecular weight is 321 g/mol. The first-order chi connectivity index (χ1) is 10.7. The van der Waals surface area contributed by atoms with E-state index in [9.17, 15) is 4.39 Å². The number of hydrogen-bond acceptors (Lipinski definition) is 5. The molecule has 118 valence electrons. The molecule has 0 amide bonds. The summed E-state index contributed by atoms with van der Waals surface area (Å²) in [7, 11) is 2.16. The van der Waals surface area contributed by atoms with Gasteiger partial charge in [-0.25, -0.2) is 4.39 Å². The second-order valence-corrected chi connectivity index (χ2v) is 6.78. The first kappa shape index (κ1) is 15.5. The van der Waals surface area contributed by atoms with Crippen LogP contribution < -0.4 is 0 Å². The Hall–Kier alpha value is -1.40. The van der Waals surface area contributed by atoms with Crippen LogP contribution in [0.3, 0.4) is 0 Å². The van der Waals surface area contributed by atoms with E-state index in [0.29, 0.717) is 29.0 Å². The number of thioether (sulfide) groups is 1. The van der Waals surface area contributed by atoms with Crippen LogP contribution in [0.15, 0.2) is 33.9 Å². The van der Waals surface area contributed by atoms with E-state index in [4.69, 9.17) is 4.42 Å². The van der Waals surface area contributed by atoms with Crippen molar-refractivity contribution in [1.82, 2.24) is 15.1 Å². The highest BCUT2D eigenvalue weighted by Crippen LogP contribution is 2.25. The minimum atomic E-state index is -0.236. The molecular formula is C16H20FN3OS. The van der Waals surface area contributed by atoms with Crippen LogP contribution in [0.25, 0.3) is 0 Å². The number of benzene rings is 1. The van der Waals surface area contributed by atoms with Crippen molar-refractivity contribution in [2.24, 2.45) is 5.92 Å². The molecule has 6 heteroatoms. The van der Waals surface area contributed by atoms with Crippen LogP contribution in [0, 0.1) is 11.7 Å². The first-order valence-corrected chi connectivity index (χ1v) is 8.56. The van der Waals surface area contributed by atoms with Gasteiger partial charge in [-0.2, -0.15) is 0 Å². The average Bonchev–Trinajstić information content (AvgIpc) is 2.95. The predicted molar refractivity (Wildman–Crippen MR) is 84.4 cm³/mol. The maximum absolute atomic E-state index is 13.6. The normalized spacial score (nSPS) is 19.5. The molecule has 0 spiro atoms. The maximum atomic E-state index is 13.6. The highest BCUT2D eigenvalue weighted by molar-refractivity contribution is 7.99. The monoisotopic (exact) mass is 321 g/mol. The molecule has 0 radical (unpaired) electrons. The molecule has 0 aliphatic carbocycles. The zero-order valence-corrected chi connectivity index (χ0v) is 13.5. The smallest absolute Gasteiger partial charge is 0.276 e. The lowest BCUT2D eigenvalue weighted by Crippen LogP contribution is -2.33. The molecule has 1 aromatic heterocycles. The topological polar surface area (TPSA) is 42.2 Å². The van der Waals surface area contributed by atoms with Gasteiger partial charge in [0.05, 0.1) is 6.42 Å². The molecule has 1 atom stereocenters. The van der Waals surface area contributed by atoms with E-state index in [1.807, 2.05) is 6.07 Å². The molecule has 3 rings (SSSR count).